The number of benzene rings is 1. The van der Waals surface area contributed by atoms with Gasteiger partial charge in [0, 0.05) is 25.0 Å². The molecule has 1 aliphatic heterocycles. The van der Waals surface area contributed by atoms with Crippen molar-refractivity contribution < 1.29 is 14.7 Å². The molecule has 0 radical (unpaired) electrons. The van der Waals surface area contributed by atoms with Crippen LogP contribution in [0.15, 0.2) is 30.3 Å². The summed E-state index contributed by atoms with van der Waals surface area (Å²) in [6.45, 7) is 1.48. The van der Waals surface area contributed by atoms with Crippen molar-refractivity contribution in [1.82, 2.24) is 10.2 Å². The molecule has 1 aromatic rings. The number of hydrogen-bond donors (Lipinski definition) is 2. The number of amides is 2. The van der Waals surface area contributed by atoms with E-state index in [2.05, 4.69) is 29.6 Å². The first-order valence-electron chi connectivity index (χ1n) is 8.42. The highest BCUT2D eigenvalue weighted by Crippen LogP contribution is 2.40. The number of carboxylic acids is 1. The molecule has 1 saturated heterocycles. The maximum atomic E-state index is 12.4. The minimum absolute atomic E-state index is 0.0306. The van der Waals surface area contributed by atoms with E-state index in [0.29, 0.717) is 26.1 Å². The van der Waals surface area contributed by atoms with Gasteiger partial charge in [0.05, 0.1) is 5.92 Å². The predicted molar refractivity (Wildman–Crippen MR) is 87.3 cm³/mol. The Morgan fingerprint density at radius 3 is 2.52 bits per heavy atom. The predicted octanol–water partition coefficient (Wildman–Crippen LogP) is 2.61. The summed E-state index contributed by atoms with van der Waals surface area (Å²) in [6, 6.07) is 10.3. The highest BCUT2D eigenvalue weighted by molar-refractivity contribution is 5.77. The molecule has 5 nitrogen and oxygen atoms in total. The fourth-order valence-corrected chi connectivity index (χ4v) is 3.91. The topological polar surface area (TPSA) is 69.6 Å². The lowest BCUT2D eigenvalue weighted by Gasteiger charge is -2.31. The molecule has 2 amide bonds. The summed E-state index contributed by atoms with van der Waals surface area (Å²) in [5, 5.41) is 12.1. The normalized spacial score (nSPS) is 23.0. The Balaban J connectivity index is 1.62. The summed E-state index contributed by atoms with van der Waals surface area (Å²) in [5.74, 6) is -1.23. The Hall–Kier alpha value is -2.04. The summed E-state index contributed by atoms with van der Waals surface area (Å²) in [6.07, 6.45) is 5.11. The molecule has 1 aromatic carbocycles. The fourth-order valence-electron chi connectivity index (χ4n) is 3.91. The number of likely N-dealkylation sites (tertiary alicyclic amines) is 1. The molecule has 0 spiro atoms. The number of carbonyl (C=O) groups excluding carboxylic acids is 1. The van der Waals surface area contributed by atoms with Gasteiger partial charge in [-0.15, -0.1) is 0 Å². The van der Waals surface area contributed by atoms with Crippen molar-refractivity contribution in [1.29, 1.82) is 0 Å². The highest BCUT2D eigenvalue weighted by Gasteiger charge is 2.37. The lowest BCUT2D eigenvalue weighted by molar-refractivity contribution is -0.141. The van der Waals surface area contributed by atoms with E-state index in [0.717, 1.165) is 12.8 Å². The summed E-state index contributed by atoms with van der Waals surface area (Å²) in [4.78, 5) is 25.0. The number of carbonyl (C=O) groups is 2. The van der Waals surface area contributed by atoms with Crippen LogP contribution in [0.3, 0.4) is 0 Å². The van der Waals surface area contributed by atoms with Gasteiger partial charge in [0.25, 0.3) is 0 Å². The third kappa shape index (κ3) is 3.33. The van der Waals surface area contributed by atoms with Crippen LogP contribution in [0.4, 0.5) is 4.79 Å². The molecule has 124 valence electrons. The van der Waals surface area contributed by atoms with E-state index in [-0.39, 0.29) is 11.4 Å². The van der Waals surface area contributed by atoms with Gasteiger partial charge in [-0.3, -0.25) is 4.79 Å². The van der Waals surface area contributed by atoms with Crippen LogP contribution in [0.25, 0.3) is 0 Å². The third-order valence-electron chi connectivity index (χ3n) is 5.35. The molecule has 23 heavy (non-hydrogen) atoms. The molecule has 1 saturated carbocycles. The molecular weight excluding hydrogens is 292 g/mol. The van der Waals surface area contributed by atoms with Gasteiger partial charge < -0.3 is 15.3 Å². The van der Waals surface area contributed by atoms with Crippen LogP contribution in [-0.2, 0) is 10.2 Å². The van der Waals surface area contributed by atoms with Gasteiger partial charge in [-0.25, -0.2) is 4.79 Å². The lowest BCUT2D eigenvalue weighted by atomic mass is 9.79. The molecule has 1 aliphatic carbocycles. The molecule has 2 aliphatic rings. The van der Waals surface area contributed by atoms with E-state index in [1.54, 1.807) is 4.90 Å². The summed E-state index contributed by atoms with van der Waals surface area (Å²) in [7, 11) is 0. The number of hydrogen-bond acceptors (Lipinski definition) is 2. The van der Waals surface area contributed by atoms with Crippen molar-refractivity contribution in [2.24, 2.45) is 5.92 Å². The first-order valence-corrected chi connectivity index (χ1v) is 8.42. The third-order valence-corrected chi connectivity index (χ3v) is 5.35. The monoisotopic (exact) mass is 316 g/mol. The maximum absolute atomic E-state index is 12.4. The van der Waals surface area contributed by atoms with Crippen molar-refractivity contribution >= 4 is 12.0 Å². The van der Waals surface area contributed by atoms with Gasteiger partial charge in [0.15, 0.2) is 0 Å². The van der Waals surface area contributed by atoms with Crippen LogP contribution in [0, 0.1) is 5.92 Å². The van der Waals surface area contributed by atoms with Crippen molar-refractivity contribution in [3.8, 4) is 0 Å². The fraction of sp³-hybridized carbons (Fsp3) is 0.556. The minimum atomic E-state index is -0.808. The van der Waals surface area contributed by atoms with E-state index in [1.807, 2.05) is 6.07 Å². The SMILES string of the molecule is O=C(O)C1CCN(C(=O)NCC2(c3ccccc3)CCCC2)C1. The molecule has 0 aromatic heterocycles. The van der Waals surface area contributed by atoms with Crippen LogP contribution >= 0.6 is 0 Å². The molecule has 0 bridgehead atoms. The lowest BCUT2D eigenvalue weighted by Crippen LogP contribution is -2.45. The molecule has 1 heterocycles. The number of urea groups is 1. The average Bonchev–Trinajstić information content (AvgIpc) is 3.24. The average molecular weight is 316 g/mol. The summed E-state index contributed by atoms with van der Waals surface area (Å²) < 4.78 is 0. The molecule has 2 fully saturated rings. The van der Waals surface area contributed by atoms with Gasteiger partial charge in [-0.05, 0) is 24.8 Å². The maximum Gasteiger partial charge on any atom is 0.317 e. The molecule has 1 atom stereocenters. The van der Waals surface area contributed by atoms with E-state index in [4.69, 9.17) is 5.11 Å². The Bertz CT molecular complexity index is 567. The van der Waals surface area contributed by atoms with E-state index < -0.39 is 11.9 Å². The number of nitrogens with zero attached hydrogens (tertiary/aromatic N) is 1. The van der Waals surface area contributed by atoms with Gasteiger partial charge >= 0.3 is 12.0 Å². The van der Waals surface area contributed by atoms with Crippen molar-refractivity contribution in [3.05, 3.63) is 35.9 Å². The second-order valence-electron chi connectivity index (χ2n) is 6.78. The number of rotatable bonds is 4. The van der Waals surface area contributed by atoms with Gasteiger partial charge in [0.2, 0.25) is 0 Å². The zero-order valence-corrected chi connectivity index (χ0v) is 13.3. The van der Waals surface area contributed by atoms with Crippen molar-refractivity contribution in [2.45, 2.75) is 37.5 Å². The van der Waals surface area contributed by atoms with Crippen LogP contribution in [0.2, 0.25) is 0 Å². The summed E-state index contributed by atoms with van der Waals surface area (Å²) in [5.41, 5.74) is 1.32. The molecule has 5 heteroatoms. The van der Waals surface area contributed by atoms with E-state index in [1.165, 1.54) is 18.4 Å². The second-order valence-corrected chi connectivity index (χ2v) is 6.78. The Kier molecular flexibility index (Phi) is 4.55. The van der Waals surface area contributed by atoms with Crippen LogP contribution in [-0.4, -0.2) is 41.6 Å². The zero-order valence-electron chi connectivity index (χ0n) is 13.3. The first kappa shape index (κ1) is 15.8. The van der Waals surface area contributed by atoms with E-state index in [9.17, 15) is 9.59 Å². The molecule has 3 rings (SSSR count). The largest absolute Gasteiger partial charge is 0.481 e. The van der Waals surface area contributed by atoms with Gasteiger partial charge in [-0.2, -0.15) is 0 Å². The van der Waals surface area contributed by atoms with Crippen molar-refractivity contribution in [2.75, 3.05) is 19.6 Å². The zero-order chi connectivity index (χ0) is 16.3. The molecule has 1 unspecified atom stereocenters. The number of aliphatic carboxylic acids is 1. The van der Waals surface area contributed by atoms with E-state index >= 15 is 0 Å². The van der Waals surface area contributed by atoms with Crippen molar-refractivity contribution in [3.63, 3.8) is 0 Å². The quantitative estimate of drug-likeness (QED) is 0.897. The van der Waals surface area contributed by atoms with Gasteiger partial charge in [0.1, 0.15) is 0 Å². The summed E-state index contributed by atoms with van der Waals surface area (Å²) >= 11 is 0. The molecule has 2 N–H and O–H groups in total. The number of nitrogens with one attached hydrogen (secondary N) is 1. The smallest absolute Gasteiger partial charge is 0.317 e. The Morgan fingerprint density at radius 1 is 1.22 bits per heavy atom. The highest BCUT2D eigenvalue weighted by atomic mass is 16.4. The first-order chi connectivity index (χ1) is 11.1. The molecular formula is C18H24N2O3. The minimum Gasteiger partial charge on any atom is -0.481 e. The van der Waals surface area contributed by atoms with Crippen LogP contribution < -0.4 is 5.32 Å². The van der Waals surface area contributed by atoms with Gasteiger partial charge in [-0.1, -0.05) is 43.2 Å². The van der Waals surface area contributed by atoms with Crippen LogP contribution in [0.5, 0.6) is 0 Å². The number of carboxylic acid groups (broad SMARTS) is 1. The standard InChI is InChI=1S/C18H24N2O3/c21-16(22)14-8-11-20(12-14)17(23)19-13-18(9-4-5-10-18)15-6-2-1-3-7-15/h1-3,6-7,14H,4-5,8-13H2,(H,19,23)(H,21,22). The Labute approximate surface area is 136 Å². The second kappa shape index (κ2) is 6.60. The van der Waals surface area contributed by atoms with Crippen LogP contribution in [0.1, 0.15) is 37.7 Å². The Morgan fingerprint density at radius 2 is 1.91 bits per heavy atom.